The van der Waals surface area contributed by atoms with Gasteiger partial charge in [0.15, 0.2) is 9.84 Å². The fraction of sp³-hybridized carbons (Fsp3) is 0.562. The molecule has 0 bridgehead atoms. The smallest absolute Gasteiger partial charge is 0.238 e. The zero-order valence-corrected chi connectivity index (χ0v) is 13.8. The van der Waals surface area contributed by atoms with E-state index in [1.165, 1.54) is 11.0 Å². The molecule has 1 saturated heterocycles. The van der Waals surface area contributed by atoms with Gasteiger partial charge in [0.25, 0.3) is 0 Å². The van der Waals surface area contributed by atoms with E-state index < -0.39 is 21.5 Å². The van der Waals surface area contributed by atoms with Crippen molar-refractivity contribution in [2.75, 3.05) is 18.1 Å². The third kappa shape index (κ3) is 3.85. The molecule has 0 N–H and O–H groups in total. The highest BCUT2D eigenvalue weighted by molar-refractivity contribution is 7.92. The molecule has 6 heteroatoms. The van der Waals surface area contributed by atoms with E-state index in [1.807, 2.05) is 6.92 Å². The molecule has 4 nitrogen and oxygen atoms in total. The monoisotopic (exact) mass is 327 g/mol. The molecule has 0 saturated carbocycles. The first kappa shape index (κ1) is 16.9. The molecule has 2 atom stereocenters. The molecule has 122 valence electrons. The fourth-order valence-electron chi connectivity index (χ4n) is 3.02. The maximum Gasteiger partial charge on any atom is 0.238 e. The van der Waals surface area contributed by atoms with Crippen LogP contribution in [0.15, 0.2) is 24.3 Å². The van der Waals surface area contributed by atoms with Crippen molar-refractivity contribution in [2.24, 2.45) is 5.92 Å². The number of sulfone groups is 1. The highest BCUT2D eigenvalue weighted by Crippen LogP contribution is 2.36. The molecule has 1 aliphatic heterocycles. The highest BCUT2D eigenvalue weighted by atomic mass is 32.2. The maximum absolute atomic E-state index is 14.0. The molecular formula is C16H22FNO3S. The van der Waals surface area contributed by atoms with Gasteiger partial charge in [-0.3, -0.25) is 4.79 Å². The van der Waals surface area contributed by atoms with Crippen molar-refractivity contribution in [2.45, 2.75) is 32.7 Å². The van der Waals surface area contributed by atoms with E-state index in [0.717, 1.165) is 0 Å². The number of carbonyl (C=O) groups excluding carboxylic acids is 1. The highest BCUT2D eigenvalue weighted by Gasteiger charge is 2.36. The molecular weight excluding hydrogens is 305 g/mol. The average Bonchev–Trinajstić information content (AvgIpc) is 2.80. The molecule has 0 radical (unpaired) electrons. The Labute approximate surface area is 131 Å². The van der Waals surface area contributed by atoms with Crippen LogP contribution in [0.4, 0.5) is 4.39 Å². The van der Waals surface area contributed by atoms with E-state index in [9.17, 15) is 17.6 Å². The summed E-state index contributed by atoms with van der Waals surface area (Å²) in [4.78, 5) is 13.9. The number of amides is 1. The summed E-state index contributed by atoms with van der Waals surface area (Å²) < 4.78 is 37.7. The van der Waals surface area contributed by atoms with Gasteiger partial charge in [-0.05, 0) is 24.8 Å². The van der Waals surface area contributed by atoms with Crippen LogP contribution in [0.2, 0.25) is 0 Å². The van der Waals surface area contributed by atoms with Crippen LogP contribution in [-0.4, -0.2) is 37.3 Å². The Morgan fingerprint density at radius 2 is 2.05 bits per heavy atom. The number of nitrogens with zero attached hydrogens (tertiary/aromatic N) is 1. The Morgan fingerprint density at radius 1 is 1.36 bits per heavy atom. The number of carbonyl (C=O) groups is 1. The Kier molecular flexibility index (Phi) is 5.21. The van der Waals surface area contributed by atoms with Gasteiger partial charge < -0.3 is 4.90 Å². The second-order valence-electron chi connectivity index (χ2n) is 6.02. The number of hydrogen-bond acceptors (Lipinski definition) is 3. The number of benzene rings is 1. The van der Waals surface area contributed by atoms with E-state index in [-0.39, 0.29) is 23.5 Å². The zero-order chi connectivity index (χ0) is 16.3. The van der Waals surface area contributed by atoms with E-state index in [1.54, 1.807) is 25.1 Å². The lowest BCUT2D eigenvalue weighted by Crippen LogP contribution is -2.36. The van der Waals surface area contributed by atoms with Crippen LogP contribution in [0.5, 0.6) is 0 Å². The number of halogens is 1. The van der Waals surface area contributed by atoms with Gasteiger partial charge >= 0.3 is 0 Å². The van der Waals surface area contributed by atoms with Crippen molar-refractivity contribution in [3.05, 3.63) is 35.6 Å². The summed E-state index contributed by atoms with van der Waals surface area (Å²) in [5, 5.41) is 0. The van der Waals surface area contributed by atoms with Crippen molar-refractivity contribution in [3.8, 4) is 0 Å². The molecule has 1 fully saturated rings. The van der Waals surface area contributed by atoms with Crippen molar-refractivity contribution in [1.29, 1.82) is 0 Å². The third-order valence-electron chi connectivity index (χ3n) is 3.95. The summed E-state index contributed by atoms with van der Waals surface area (Å²) in [7, 11) is -3.39. The number of hydrogen-bond donors (Lipinski definition) is 0. The van der Waals surface area contributed by atoms with Crippen molar-refractivity contribution in [3.63, 3.8) is 0 Å². The molecule has 0 unspecified atom stereocenters. The summed E-state index contributed by atoms with van der Waals surface area (Å²) in [6.07, 6.45) is 1.14. The lowest BCUT2D eigenvalue weighted by Gasteiger charge is -2.25. The summed E-state index contributed by atoms with van der Waals surface area (Å²) in [5.41, 5.74) is 0.466. The van der Waals surface area contributed by atoms with E-state index in [4.69, 9.17) is 0 Å². The molecule has 1 aromatic rings. The predicted molar refractivity (Wildman–Crippen MR) is 83.6 cm³/mol. The lowest BCUT2D eigenvalue weighted by atomic mass is 10.0. The van der Waals surface area contributed by atoms with E-state index in [0.29, 0.717) is 24.9 Å². The van der Waals surface area contributed by atoms with E-state index in [2.05, 4.69) is 0 Å². The van der Waals surface area contributed by atoms with Gasteiger partial charge in [-0.2, -0.15) is 0 Å². The fourth-order valence-corrected chi connectivity index (χ4v) is 4.32. The first-order valence-electron chi connectivity index (χ1n) is 7.58. The topological polar surface area (TPSA) is 54.5 Å². The normalized spacial score (nSPS) is 22.0. The largest absolute Gasteiger partial charge is 0.334 e. The summed E-state index contributed by atoms with van der Waals surface area (Å²) in [6.45, 7) is 4.23. The molecule has 0 spiro atoms. The molecule has 1 aliphatic rings. The second kappa shape index (κ2) is 6.77. The minimum Gasteiger partial charge on any atom is -0.334 e. The lowest BCUT2D eigenvalue weighted by molar-refractivity contribution is -0.129. The first-order chi connectivity index (χ1) is 10.3. The Morgan fingerprint density at radius 3 is 2.68 bits per heavy atom. The van der Waals surface area contributed by atoms with Crippen LogP contribution >= 0.6 is 0 Å². The van der Waals surface area contributed by atoms with Crippen LogP contribution in [0.3, 0.4) is 0 Å². The summed E-state index contributed by atoms with van der Waals surface area (Å²) in [5.74, 6) is -1.03. The average molecular weight is 327 g/mol. The number of rotatable bonds is 5. The summed E-state index contributed by atoms with van der Waals surface area (Å²) >= 11 is 0. The first-order valence-corrected chi connectivity index (χ1v) is 9.40. The zero-order valence-electron chi connectivity index (χ0n) is 13.0. The van der Waals surface area contributed by atoms with Crippen LogP contribution < -0.4 is 0 Å². The van der Waals surface area contributed by atoms with Gasteiger partial charge in [-0.15, -0.1) is 0 Å². The van der Waals surface area contributed by atoms with Gasteiger partial charge in [0.2, 0.25) is 5.91 Å². The molecule has 2 rings (SSSR count). The van der Waals surface area contributed by atoms with Gasteiger partial charge in [-0.25, -0.2) is 12.8 Å². The Hall–Kier alpha value is -1.43. The molecule has 1 amide bonds. The van der Waals surface area contributed by atoms with Gasteiger partial charge in [0.1, 0.15) is 11.6 Å². The van der Waals surface area contributed by atoms with Gasteiger partial charge in [-0.1, -0.05) is 32.0 Å². The van der Waals surface area contributed by atoms with Crippen LogP contribution in [0.1, 0.15) is 38.3 Å². The molecule has 1 heterocycles. The standard InChI is InChI=1S/C16H22FNO3S/c1-3-8-22(20,21)11-16(19)18-10-12(2)9-15(18)13-6-4-5-7-14(13)17/h4-7,12,15H,3,8-11H2,1-2H3/t12-,15-/m0/s1. The predicted octanol–water partition coefficient (Wildman–Crippen LogP) is 2.56. The molecule has 0 aromatic heterocycles. The Balaban J connectivity index is 2.21. The minimum absolute atomic E-state index is 0.00645. The molecule has 0 aliphatic carbocycles. The van der Waals surface area contributed by atoms with Crippen LogP contribution in [-0.2, 0) is 14.6 Å². The third-order valence-corrected chi connectivity index (χ3v) is 5.67. The van der Waals surface area contributed by atoms with Crippen LogP contribution in [0, 0.1) is 11.7 Å². The molecule has 1 aromatic carbocycles. The van der Waals surface area contributed by atoms with Gasteiger partial charge in [0.05, 0.1) is 11.8 Å². The quantitative estimate of drug-likeness (QED) is 0.835. The Bertz CT molecular complexity index is 645. The SMILES string of the molecule is CCCS(=O)(=O)CC(=O)N1C[C@@H](C)C[C@H]1c1ccccc1F. The maximum atomic E-state index is 14.0. The van der Waals surface area contributed by atoms with Gasteiger partial charge in [0, 0.05) is 12.1 Å². The number of likely N-dealkylation sites (tertiary alicyclic amines) is 1. The van der Waals surface area contributed by atoms with Crippen molar-refractivity contribution in [1.82, 2.24) is 4.90 Å². The molecule has 22 heavy (non-hydrogen) atoms. The van der Waals surface area contributed by atoms with Crippen molar-refractivity contribution < 1.29 is 17.6 Å². The van der Waals surface area contributed by atoms with E-state index >= 15 is 0 Å². The summed E-state index contributed by atoms with van der Waals surface area (Å²) in [6, 6.07) is 6.00. The second-order valence-corrected chi connectivity index (χ2v) is 8.20. The van der Waals surface area contributed by atoms with Crippen molar-refractivity contribution >= 4 is 15.7 Å². The minimum atomic E-state index is -3.39. The van der Waals surface area contributed by atoms with Crippen LogP contribution in [0.25, 0.3) is 0 Å².